The van der Waals surface area contributed by atoms with Crippen molar-refractivity contribution >= 4 is 23.3 Å². The molecular weight excluding hydrogens is 384 g/mol. The molecule has 1 saturated heterocycles. The van der Waals surface area contributed by atoms with Crippen LogP contribution >= 0.6 is 0 Å². The number of anilines is 2. The summed E-state index contributed by atoms with van der Waals surface area (Å²) in [5.41, 5.74) is 1.86. The van der Waals surface area contributed by atoms with Crippen LogP contribution in [0.2, 0.25) is 0 Å². The molecule has 0 unspecified atom stereocenters. The summed E-state index contributed by atoms with van der Waals surface area (Å²) in [5, 5.41) is 6.15. The number of nitrogens with one attached hydrogen (secondary N) is 2. The van der Waals surface area contributed by atoms with E-state index in [9.17, 15) is 4.79 Å². The molecule has 1 aliphatic rings. The van der Waals surface area contributed by atoms with E-state index in [1.807, 2.05) is 31.5 Å². The molecule has 4 heterocycles. The van der Waals surface area contributed by atoms with Crippen LogP contribution < -0.4 is 20.3 Å². The molecule has 0 atom stereocenters. The predicted molar refractivity (Wildman–Crippen MR) is 113 cm³/mol. The van der Waals surface area contributed by atoms with E-state index >= 15 is 0 Å². The van der Waals surface area contributed by atoms with Gasteiger partial charge in [-0.2, -0.15) is 4.98 Å². The number of imidazole rings is 1. The van der Waals surface area contributed by atoms with Crippen LogP contribution in [0.1, 0.15) is 35.8 Å². The maximum atomic E-state index is 12.9. The molecule has 158 valence electrons. The largest absolute Gasteiger partial charge is 0.477 e. The van der Waals surface area contributed by atoms with Gasteiger partial charge in [0.25, 0.3) is 5.91 Å². The lowest BCUT2D eigenvalue weighted by molar-refractivity contribution is 0.102. The first-order chi connectivity index (χ1) is 14.5. The van der Waals surface area contributed by atoms with Gasteiger partial charge in [0.2, 0.25) is 11.8 Å². The number of piperidine rings is 1. The Balaban J connectivity index is 1.55. The SMILES string of the molecule is CCOc1nc(N(C)C2CCNCC2)ncc1C(=O)Nc1cn2cc(C)nc2cn1. The fourth-order valence-electron chi connectivity index (χ4n) is 3.56. The number of hydrogen-bond donors (Lipinski definition) is 2. The maximum Gasteiger partial charge on any atom is 0.263 e. The van der Waals surface area contributed by atoms with Gasteiger partial charge in [-0.25, -0.2) is 15.0 Å². The first-order valence-electron chi connectivity index (χ1n) is 10.1. The Morgan fingerprint density at radius 3 is 2.83 bits per heavy atom. The second-order valence-corrected chi connectivity index (χ2v) is 7.29. The summed E-state index contributed by atoms with van der Waals surface area (Å²) in [4.78, 5) is 32.5. The highest BCUT2D eigenvalue weighted by Crippen LogP contribution is 2.22. The van der Waals surface area contributed by atoms with Crippen molar-refractivity contribution in [3.8, 4) is 5.88 Å². The van der Waals surface area contributed by atoms with Crippen molar-refractivity contribution in [2.24, 2.45) is 0 Å². The Morgan fingerprint density at radius 1 is 1.27 bits per heavy atom. The molecule has 3 aromatic heterocycles. The molecule has 10 heteroatoms. The van der Waals surface area contributed by atoms with Gasteiger partial charge in [-0.1, -0.05) is 0 Å². The van der Waals surface area contributed by atoms with Crippen LogP contribution in [0.4, 0.5) is 11.8 Å². The lowest BCUT2D eigenvalue weighted by Crippen LogP contribution is -2.42. The molecule has 1 amide bonds. The number of aromatic nitrogens is 5. The lowest BCUT2D eigenvalue weighted by atomic mass is 10.1. The van der Waals surface area contributed by atoms with Gasteiger partial charge in [0, 0.05) is 25.5 Å². The third-order valence-electron chi connectivity index (χ3n) is 5.14. The van der Waals surface area contributed by atoms with Crippen LogP contribution in [0, 0.1) is 6.92 Å². The molecule has 3 aromatic rings. The minimum absolute atomic E-state index is 0.264. The normalized spacial score (nSPS) is 14.6. The molecule has 0 aliphatic carbocycles. The van der Waals surface area contributed by atoms with Crippen molar-refractivity contribution in [2.75, 3.05) is 37.0 Å². The fourth-order valence-corrected chi connectivity index (χ4v) is 3.56. The Morgan fingerprint density at radius 2 is 2.07 bits per heavy atom. The molecule has 0 bridgehead atoms. The predicted octanol–water partition coefficient (Wildman–Crippen LogP) is 1.67. The van der Waals surface area contributed by atoms with Crippen molar-refractivity contribution in [1.29, 1.82) is 0 Å². The number of fused-ring (bicyclic) bond motifs is 1. The Kier molecular flexibility index (Phi) is 5.75. The van der Waals surface area contributed by atoms with Crippen LogP contribution in [-0.2, 0) is 0 Å². The van der Waals surface area contributed by atoms with Crippen molar-refractivity contribution < 1.29 is 9.53 Å². The average molecular weight is 410 g/mol. The Hall–Kier alpha value is -3.27. The minimum atomic E-state index is -0.377. The van der Waals surface area contributed by atoms with Gasteiger partial charge < -0.3 is 24.7 Å². The average Bonchev–Trinajstić information content (AvgIpc) is 3.13. The molecular formula is C20H26N8O2. The number of hydrogen-bond acceptors (Lipinski definition) is 8. The molecule has 4 rings (SSSR count). The zero-order chi connectivity index (χ0) is 21.1. The summed E-state index contributed by atoms with van der Waals surface area (Å²) in [6.45, 7) is 6.10. The fraction of sp³-hybridized carbons (Fsp3) is 0.450. The van der Waals surface area contributed by atoms with E-state index in [2.05, 4.69) is 35.5 Å². The first kappa shape index (κ1) is 20.0. The van der Waals surface area contributed by atoms with Gasteiger partial charge in [-0.05, 0) is 39.8 Å². The van der Waals surface area contributed by atoms with Crippen LogP contribution in [-0.4, -0.2) is 63.0 Å². The molecule has 0 radical (unpaired) electrons. The topological polar surface area (TPSA) is 110 Å². The molecule has 0 aromatic carbocycles. The standard InChI is InChI=1S/C20H26N8O2/c1-4-30-19-15(9-23-20(26-19)27(3)14-5-7-21-8-6-14)18(29)25-16-12-28-11-13(2)24-17(28)10-22-16/h9-12,14,21H,4-8H2,1-3H3,(H,25,29). The van der Waals surface area contributed by atoms with Crippen LogP contribution in [0.15, 0.2) is 24.8 Å². The quantitative estimate of drug-likeness (QED) is 0.632. The van der Waals surface area contributed by atoms with Gasteiger partial charge in [-0.15, -0.1) is 0 Å². The highest BCUT2D eigenvalue weighted by Gasteiger charge is 2.23. The van der Waals surface area contributed by atoms with Gasteiger partial charge in [-0.3, -0.25) is 4.79 Å². The third kappa shape index (κ3) is 4.18. The van der Waals surface area contributed by atoms with Crippen LogP contribution in [0.3, 0.4) is 0 Å². The zero-order valence-corrected chi connectivity index (χ0v) is 17.4. The smallest absolute Gasteiger partial charge is 0.263 e. The molecule has 1 aliphatic heterocycles. The van der Waals surface area contributed by atoms with Gasteiger partial charge in [0.05, 0.1) is 24.7 Å². The van der Waals surface area contributed by atoms with Crippen LogP contribution in [0.25, 0.3) is 5.65 Å². The van der Waals surface area contributed by atoms with E-state index in [1.54, 1.807) is 12.4 Å². The minimum Gasteiger partial charge on any atom is -0.477 e. The monoisotopic (exact) mass is 410 g/mol. The van der Waals surface area contributed by atoms with Crippen molar-refractivity contribution in [3.05, 3.63) is 36.0 Å². The summed E-state index contributed by atoms with van der Waals surface area (Å²) in [6, 6.07) is 0.356. The second-order valence-electron chi connectivity index (χ2n) is 7.29. The number of nitrogens with zero attached hydrogens (tertiary/aromatic N) is 6. The van der Waals surface area contributed by atoms with Crippen molar-refractivity contribution in [3.63, 3.8) is 0 Å². The summed E-state index contributed by atoms with van der Waals surface area (Å²) in [5.74, 6) is 0.845. The summed E-state index contributed by atoms with van der Waals surface area (Å²) >= 11 is 0. The van der Waals surface area contributed by atoms with E-state index in [-0.39, 0.29) is 17.4 Å². The number of ether oxygens (including phenoxy) is 1. The maximum absolute atomic E-state index is 12.9. The van der Waals surface area contributed by atoms with Crippen molar-refractivity contribution in [1.82, 2.24) is 29.7 Å². The summed E-state index contributed by atoms with van der Waals surface area (Å²) in [7, 11) is 1.98. The number of carbonyl (C=O) groups is 1. The van der Waals surface area contributed by atoms with E-state index in [0.717, 1.165) is 31.6 Å². The highest BCUT2D eigenvalue weighted by atomic mass is 16.5. The molecule has 1 fully saturated rings. The molecule has 30 heavy (non-hydrogen) atoms. The van der Waals surface area contributed by atoms with E-state index < -0.39 is 0 Å². The van der Waals surface area contributed by atoms with E-state index in [1.165, 1.54) is 6.20 Å². The molecule has 0 saturated carbocycles. The van der Waals surface area contributed by atoms with Gasteiger partial charge in [0.1, 0.15) is 11.4 Å². The third-order valence-corrected chi connectivity index (χ3v) is 5.14. The van der Waals surface area contributed by atoms with E-state index in [0.29, 0.717) is 30.1 Å². The second kappa shape index (κ2) is 8.62. The summed E-state index contributed by atoms with van der Waals surface area (Å²) < 4.78 is 7.48. The van der Waals surface area contributed by atoms with Crippen molar-refractivity contribution in [2.45, 2.75) is 32.7 Å². The van der Waals surface area contributed by atoms with Crippen LogP contribution in [0.5, 0.6) is 5.88 Å². The molecule has 0 spiro atoms. The highest BCUT2D eigenvalue weighted by molar-refractivity contribution is 6.05. The first-order valence-corrected chi connectivity index (χ1v) is 10.1. The van der Waals surface area contributed by atoms with Gasteiger partial charge in [0.15, 0.2) is 5.65 Å². The summed E-state index contributed by atoms with van der Waals surface area (Å²) in [6.07, 6.45) is 8.75. The lowest BCUT2D eigenvalue weighted by Gasteiger charge is -2.31. The number of carbonyl (C=O) groups excluding carboxylic acids is 1. The van der Waals surface area contributed by atoms with Gasteiger partial charge >= 0.3 is 0 Å². The molecule has 2 N–H and O–H groups in total. The van der Waals surface area contributed by atoms with E-state index in [4.69, 9.17) is 4.74 Å². The number of amides is 1. The number of aryl methyl sites for hydroxylation is 1. The Labute approximate surface area is 174 Å². The Bertz CT molecular complexity index is 1040. The number of rotatable bonds is 6. The zero-order valence-electron chi connectivity index (χ0n) is 17.4. The molecule has 10 nitrogen and oxygen atoms in total.